The molecule has 8 aromatic carbocycles. The molecule has 5 heteroatoms. The quantitative estimate of drug-likeness (QED) is 0.179. The second-order valence-corrected chi connectivity index (χ2v) is 22.4. The summed E-state index contributed by atoms with van der Waals surface area (Å²) in [6, 6.07) is 50.6. The maximum absolute atomic E-state index is 6.59. The largest absolute Gasteiger partial charge is 0.456 e. The fraction of sp³-hybridized carbons (Fsp3) is 0.200. The van der Waals surface area contributed by atoms with Crippen molar-refractivity contribution in [3.63, 3.8) is 0 Å². The van der Waals surface area contributed by atoms with Gasteiger partial charge >= 0.3 is 0 Å². The number of para-hydroxylation sites is 1. The van der Waals surface area contributed by atoms with Gasteiger partial charge in [-0.15, -0.1) is 11.3 Å². The van der Waals surface area contributed by atoms with Gasteiger partial charge in [0.15, 0.2) is 7.28 Å². The molecule has 0 unspecified atom stereocenters. The summed E-state index contributed by atoms with van der Waals surface area (Å²) in [6.07, 6.45) is 0. The fourth-order valence-electron chi connectivity index (χ4n) is 11.3. The van der Waals surface area contributed by atoms with Crippen LogP contribution in [0.25, 0.3) is 91.9 Å². The van der Waals surface area contributed by atoms with Crippen molar-refractivity contribution in [2.75, 3.05) is 5.32 Å². The Hall–Kier alpha value is -6.56. The fourth-order valence-corrected chi connectivity index (χ4v) is 12.4. The number of furan rings is 1. The van der Waals surface area contributed by atoms with Gasteiger partial charge in [0.1, 0.15) is 11.2 Å². The van der Waals surface area contributed by atoms with Gasteiger partial charge in [0.2, 0.25) is 0 Å². The Morgan fingerprint density at radius 2 is 1.32 bits per heavy atom. The predicted octanol–water partition coefficient (Wildman–Crippen LogP) is 15.6. The van der Waals surface area contributed by atoms with Gasteiger partial charge in [0.25, 0.3) is 0 Å². The molecule has 11 aromatic rings. The van der Waals surface area contributed by atoms with Crippen LogP contribution in [-0.2, 0) is 16.2 Å². The monoisotopic (exact) mass is 857 g/mol. The third-order valence-electron chi connectivity index (χ3n) is 14.8. The molecule has 1 aliphatic carbocycles. The molecule has 2 aliphatic rings. The summed E-state index contributed by atoms with van der Waals surface area (Å²) in [5.41, 5.74) is 21.9. The molecule has 0 fully saturated rings. The molecular formula is C60H50BN2OS. The molecule has 65 heavy (non-hydrogen) atoms. The van der Waals surface area contributed by atoms with E-state index in [4.69, 9.17) is 4.42 Å². The number of benzene rings is 8. The highest BCUT2D eigenvalue weighted by Gasteiger charge is 2.38. The summed E-state index contributed by atoms with van der Waals surface area (Å²) in [4.78, 5) is 0. The smallest absolute Gasteiger partial charge is 0.197 e. The van der Waals surface area contributed by atoms with Gasteiger partial charge < -0.3 is 14.3 Å². The molecule has 0 bridgehead atoms. The number of hydrogen-bond acceptors (Lipinski definition) is 3. The van der Waals surface area contributed by atoms with E-state index >= 15 is 0 Å². The number of nitrogens with zero attached hydrogens (tertiary/aromatic N) is 1. The van der Waals surface area contributed by atoms with Crippen LogP contribution in [0.5, 0.6) is 0 Å². The van der Waals surface area contributed by atoms with E-state index in [2.05, 4.69) is 213 Å². The molecule has 0 saturated heterocycles. The van der Waals surface area contributed by atoms with Crippen LogP contribution in [-0.4, -0.2) is 11.8 Å². The number of thiophene rings is 1. The van der Waals surface area contributed by atoms with Gasteiger partial charge in [0.05, 0.1) is 5.52 Å². The second-order valence-electron chi connectivity index (χ2n) is 21.4. The van der Waals surface area contributed by atoms with Crippen LogP contribution in [0.3, 0.4) is 0 Å². The third-order valence-corrected chi connectivity index (χ3v) is 16.0. The average molecular weight is 858 g/mol. The van der Waals surface area contributed by atoms with Gasteiger partial charge in [-0.1, -0.05) is 134 Å². The molecule has 0 spiro atoms. The Bertz CT molecular complexity index is 3880. The van der Waals surface area contributed by atoms with Crippen molar-refractivity contribution in [1.82, 2.24) is 4.57 Å². The van der Waals surface area contributed by atoms with Crippen molar-refractivity contribution in [3.8, 4) is 27.9 Å². The molecule has 3 aromatic heterocycles. The number of fused-ring (bicyclic) bond motifs is 14. The first-order valence-corrected chi connectivity index (χ1v) is 23.9. The maximum atomic E-state index is 6.59. The lowest BCUT2D eigenvalue weighted by Crippen LogP contribution is -2.38. The lowest BCUT2D eigenvalue weighted by Gasteiger charge is -2.27. The van der Waals surface area contributed by atoms with Crippen LogP contribution in [0.2, 0.25) is 0 Å². The molecule has 0 amide bonds. The third kappa shape index (κ3) is 5.55. The molecule has 1 N–H and O–H groups in total. The maximum Gasteiger partial charge on any atom is 0.197 e. The highest BCUT2D eigenvalue weighted by molar-refractivity contribution is 7.25. The molecule has 13 rings (SSSR count). The predicted molar refractivity (Wildman–Crippen MR) is 281 cm³/mol. The van der Waals surface area contributed by atoms with Crippen LogP contribution in [0.1, 0.15) is 83.2 Å². The highest BCUT2D eigenvalue weighted by atomic mass is 32.1. The zero-order valence-electron chi connectivity index (χ0n) is 38.5. The Balaban J connectivity index is 1.12. The SMILES string of the molecule is Cc1cc(-c2cc3sc4ccc(C(C)(C)C)cc4c3cc2Nc2ccc(C(C)(C)C)cc2)c2c3c1c1cc4oc5ccccc5c4cc1n3-c1cc3c(cc1[B]2)-c1ccccc1C3(C)C. The summed E-state index contributed by atoms with van der Waals surface area (Å²) in [7, 11) is 2.49. The van der Waals surface area contributed by atoms with Crippen LogP contribution >= 0.6 is 11.3 Å². The summed E-state index contributed by atoms with van der Waals surface area (Å²) in [5.74, 6) is 0. The molecule has 3 nitrogen and oxygen atoms in total. The van der Waals surface area contributed by atoms with E-state index in [1.54, 1.807) is 0 Å². The first kappa shape index (κ1) is 38.9. The van der Waals surface area contributed by atoms with Crippen molar-refractivity contribution in [3.05, 3.63) is 161 Å². The molecule has 315 valence electrons. The number of rotatable bonds is 3. The normalized spacial score (nSPS) is 14.2. The number of hydrogen-bond donors (Lipinski definition) is 1. The molecule has 1 aliphatic heterocycles. The van der Waals surface area contributed by atoms with Gasteiger partial charge in [-0.25, -0.2) is 0 Å². The number of aromatic nitrogens is 1. The van der Waals surface area contributed by atoms with Gasteiger partial charge in [-0.2, -0.15) is 0 Å². The topological polar surface area (TPSA) is 30.1 Å². The van der Waals surface area contributed by atoms with E-state index in [0.29, 0.717) is 0 Å². The first-order chi connectivity index (χ1) is 31.1. The minimum atomic E-state index is -0.131. The van der Waals surface area contributed by atoms with Crippen LogP contribution in [0.15, 0.2) is 138 Å². The van der Waals surface area contributed by atoms with Crippen molar-refractivity contribution >= 4 is 105 Å². The van der Waals surface area contributed by atoms with E-state index in [-0.39, 0.29) is 16.2 Å². The van der Waals surface area contributed by atoms with E-state index in [0.717, 1.165) is 33.3 Å². The van der Waals surface area contributed by atoms with Crippen molar-refractivity contribution in [2.24, 2.45) is 0 Å². The van der Waals surface area contributed by atoms with E-state index in [9.17, 15) is 0 Å². The van der Waals surface area contributed by atoms with Gasteiger partial charge in [0, 0.05) is 75.3 Å². The summed E-state index contributed by atoms with van der Waals surface area (Å²) in [6.45, 7) is 20.8. The Morgan fingerprint density at radius 3 is 2.12 bits per heavy atom. The van der Waals surface area contributed by atoms with Gasteiger partial charge in [-0.3, -0.25) is 0 Å². The number of nitrogens with one attached hydrogen (secondary N) is 1. The minimum Gasteiger partial charge on any atom is -0.456 e. The Kier molecular flexibility index (Phi) is 7.80. The zero-order valence-corrected chi connectivity index (χ0v) is 39.4. The number of aryl methyl sites for hydroxylation is 1. The minimum absolute atomic E-state index is 0.0477. The molecule has 0 saturated carbocycles. The van der Waals surface area contributed by atoms with E-state index < -0.39 is 0 Å². The van der Waals surface area contributed by atoms with E-state index in [1.807, 2.05) is 11.3 Å². The van der Waals surface area contributed by atoms with Crippen molar-refractivity contribution in [1.29, 1.82) is 0 Å². The van der Waals surface area contributed by atoms with Gasteiger partial charge in [-0.05, 0) is 128 Å². The van der Waals surface area contributed by atoms with Crippen molar-refractivity contribution in [2.45, 2.75) is 78.6 Å². The summed E-state index contributed by atoms with van der Waals surface area (Å²) in [5, 5.41) is 11.4. The summed E-state index contributed by atoms with van der Waals surface area (Å²) >= 11 is 1.90. The molecule has 1 radical (unpaired) electrons. The van der Waals surface area contributed by atoms with E-state index in [1.165, 1.54) is 109 Å². The Morgan fingerprint density at radius 1 is 0.585 bits per heavy atom. The lowest BCUT2D eigenvalue weighted by atomic mass is 9.58. The standard InChI is InChI=1S/C60H50BN2OS/c1-32-24-43(39-30-54-42(41-25-34(59(5,6)7)20-23-53(41)65-54)27-48(39)62-35-21-18-33(19-22-35)58(2,3)4)56-57-55(32)44-29-52-40(37-15-11-13-17-51(37)64-52)28-49(44)63(57)50-31-46-38(26-47(50)61-56)36-14-10-12-16-45(36)60(46,8)9/h10-31,62H,1-9H3. The van der Waals surface area contributed by atoms with Crippen LogP contribution < -0.4 is 16.2 Å². The van der Waals surface area contributed by atoms with Crippen LogP contribution in [0.4, 0.5) is 11.4 Å². The zero-order chi connectivity index (χ0) is 44.5. The molecule has 4 heterocycles. The van der Waals surface area contributed by atoms with Crippen molar-refractivity contribution < 1.29 is 4.42 Å². The molecular weight excluding hydrogens is 808 g/mol. The second kappa shape index (κ2) is 13.0. The summed E-state index contributed by atoms with van der Waals surface area (Å²) < 4.78 is 11.8. The highest BCUT2D eigenvalue weighted by Crippen LogP contribution is 2.51. The van der Waals surface area contributed by atoms with Crippen LogP contribution in [0, 0.1) is 6.92 Å². The number of anilines is 2. The molecule has 0 atom stereocenters. The Labute approximate surface area is 385 Å². The average Bonchev–Trinajstić information content (AvgIpc) is 3.99. The first-order valence-electron chi connectivity index (χ1n) is 23.1. The lowest BCUT2D eigenvalue weighted by molar-refractivity contribution is 0.590.